The minimum absolute atomic E-state index is 0.0503. The van der Waals surface area contributed by atoms with Crippen LogP contribution < -0.4 is 10.5 Å². The summed E-state index contributed by atoms with van der Waals surface area (Å²) in [5.74, 6) is 0.819. The van der Waals surface area contributed by atoms with Gasteiger partial charge in [0.1, 0.15) is 11.6 Å². The van der Waals surface area contributed by atoms with Gasteiger partial charge in [-0.2, -0.15) is 5.10 Å². The van der Waals surface area contributed by atoms with Crippen LogP contribution >= 0.6 is 0 Å². The SMILES string of the molecule is COc1ccc(C(=N)N)cc1Cn1cccn1. The maximum Gasteiger partial charge on any atom is 0.123 e. The molecule has 0 saturated heterocycles. The van der Waals surface area contributed by atoms with Crippen LogP contribution in [0.4, 0.5) is 0 Å². The molecule has 0 fully saturated rings. The first-order chi connectivity index (χ1) is 8.20. The zero-order valence-electron chi connectivity index (χ0n) is 9.55. The Hall–Kier alpha value is -2.30. The third kappa shape index (κ3) is 2.44. The zero-order chi connectivity index (χ0) is 12.3. The van der Waals surface area contributed by atoms with Gasteiger partial charge in [0.05, 0.1) is 13.7 Å². The lowest BCUT2D eigenvalue weighted by Gasteiger charge is -2.10. The topological polar surface area (TPSA) is 76.9 Å². The summed E-state index contributed by atoms with van der Waals surface area (Å²) < 4.78 is 7.07. The first kappa shape index (κ1) is 11.2. The Morgan fingerprint density at radius 2 is 2.35 bits per heavy atom. The molecule has 0 aliphatic rings. The number of methoxy groups -OCH3 is 1. The molecule has 2 aromatic rings. The summed E-state index contributed by atoms with van der Waals surface area (Å²) in [4.78, 5) is 0. The van der Waals surface area contributed by atoms with Gasteiger partial charge in [-0.25, -0.2) is 0 Å². The quantitative estimate of drug-likeness (QED) is 0.612. The predicted molar refractivity (Wildman–Crippen MR) is 65.3 cm³/mol. The molecular weight excluding hydrogens is 216 g/mol. The first-order valence-corrected chi connectivity index (χ1v) is 5.19. The number of nitrogen functional groups attached to an aromatic ring is 1. The van der Waals surface area contributed by atoms with Gasteiger partial charge in [0.25, 0.3) is 0 Å². The highest BCUT2D eigenvalue weighted by Crippen LogP contribution is 2.20. The number of ether oxygens (including phenoxy) is 1. The molecule has 0 amide bonds. The summed E-state index contributed by atoms with van der Waals surface area (Å²) in [7, 11) is 1.62. The molecule has 0 bridgehead atoms. The average Bonchev–Trinajstić information content (AvgIpc) is 2.81. The van der Waals surface area contributed by atoms with Crippen molar-refractivity contribution in [1.29, 1.82) is 5.41 Å². The van der Waals surface area contributed by atoms with Crippen molar-refractivity contribution in [3.8, 4) is 5.75 Å². The molecule has 0 spiro atoms. The number of nitrogens with zero attached hydrogens (tertiary/aromatic N) is 2. The van der Waals surface area contributed by atoms with E-state index >= 15 is 0 Å². The summed E-state index contributed by atoms with van der Waals surface area (Å²) in [6.45, 7) is 0.595. The van der Waals surface area contributed by atoms with E-state index in [1.54, 1.807) is 24.1 Å². The van der Waals surface area contributed by atoms with Crippen LogP contribution in [0.3, 0.4) is 0 Å². The van der Waals surface area contributed by atoms with E-state index in [4.69, 9.17) is 15.9 Å². The standard InChI is InChI=1S/C12H14N4O/c1-17-11-4-3-9(12(13)14)7-10(11)8-16-6-2-5-15-16/h2-7H,8H2,1H3,(H3,13,14). The molecular formula is C12H14N4O. The molecule has 88 valence electrons. The molecule has 0 saturated carbocycles. The molecule has 1 aromatic heterocycles. The summed E-state index contributed by atoms with van der Waals surface area (Å²) in [6, 6.07) is 7.30. The third-order valence-electron chi connectivity index (χ3n) is 2.48. The Balaban J connectivity index is 2.35. The van der Waals surface area contributed by atoms with Gasteiger partial charge in [0.2, 0.25) is 0 Å². The van der Waals surface area contributed by atoms with E-state index in [2.05, 4.69) is 5.10 Å². The van der Waals surface area contributed by atoms with Crippen molar-refractivity contribution in [2.45, 2.75) is 6.54 Å². The molecule has 17 heavy (non-hydrogen) atoms. The van der Waals surface area contributed by atoms with E-state index in [0.717, 1.165) is 11.3 Å². The number of hydrogen-bond donors (Lipinski definition) is 2. The fourth-order valence-electron chi connectivity index (χ4n) is 1.64. The molecule has 0 aliphatic heterocycles. The molecule has 3 N–H and O–H groups in total. The Labute approximate surface area is 99.3 Å². The lowest BCUT2D eigenvalue weighted by Crippen LogP contribution is -2.12. The number of benzene rings is 1. The van der Waals surface area contributed by atoms with E-state index in [1.165, 1.54) is 0 Å². The Kier molecular flexibility index (Phi) is 3.09. The smallest absolute Gasteiger partial charge is 0.123 e. The second-order valence-corrected chi connectivity index (χ2v) is 3.64. The lowest BCUT2D eigenvalue weighted by atomic mass is 10.1. The van der Waals surface area contributed by atoms with Crippen LogP contribution in [0.15, 0.2) is 36.7 Å². The van der Waals surface area contributed by atoms with Crippen LogP contribution in [0.2, 0.25) is 0 Å². The van der Waals surface area contributed by atoms with Crippen molar-refractivity contribution in [2.75, 3.05) is 7.11 Å². The van der Waals surface area contributed by atoms with Crippen LogP contribution in [0.5, 0.6) is 5.75 Å². The molecule has 0 unspecified atom stereocenters. The average molecular weight is 230 g/mol. The zero-order valence-corrected chi connectivity index (χ0v) is 9.55. The molecule has 0 atom stereocenters. The summed E-state index contributed by atoms with van der Waals surface area (Å²) in [5.41, 5.74) is 7.10. The number of rotatable bonds is 4. The van der Waals surface area contributed by atoms with Gasteiger partial charge < -0.3 is 10.5 Å². The van der Waals surface area contributed by atoms with Crippen molar-refractivity contribution < 1.29 is 4.74 Å². The molecule has 0 radical (unpaired) electrons. The number of amidine groups is 1. The second-order valence-electron chi connectivity index (χ2n) is 3.64. The largest absolute Gasteiger partial charge is 0.496 e. The van der Waals surface area contributed by atoms with E-state index in [9.17, 15) is 0 Å². The monoisotopic (exact) mass is 230 g/mol. The fourth-order valence-corrected chi connectivity index (χ4v) is 1.64. The lowest BCUT2D eigenvalue weighted by molar-refractivity contribution is 0.407. The molecule has 2 rings (SSSR count). The van der Waals surface area contributed by atoms with Crippen LogP contribution in [0.25, 0.3) is 0 Å². The fraction of sp³-hybridized carbons (Fsp3) is 0.167. The van der Waals surface area contributed by atoms with Crippen molar-refractivity contribution >= 4 is 5.84 Å². The van der Waals surface area contributed by atoms with Crippen LogP contribution in [-0.2, 0) is 6.54 Å². The Bertz CT molecular complexity index is 519. The van der Waals surface area contributed by atoms with Gasteiger partial charge in [0, 0.05) is 23.5 Å². The van der Waals surface area contributed by atoms with Gasteiger partial charge >= 0.3 is 0 Å². The molecule has 5 heteroatoms. The normalized spacial score (nSPS) is 10.2. The van der Waals surface area contributed by atoms with Crippen molar-refractivity contribution in [3.63, 3.8) is 0 Å². The first-order valence-electron chi connectivity index (χ1n) is 5.19. The van der Waals surface area contributed by atoms with Crippen LogP contribution in [0, 0.1) is 5.41 Å². The minimum atomic E-state index is 0.0503. The highest BCUT2D eigenvalue weighted by molar-refractivity contribution is 5.95. The number of aromatic nitrogens is 2. The van der Waals surface area contributed by atoms with Crippen LogP contribution in [-0.4, -0.2) is 22.7 Å². The van der Waals surface area contributed by atoms with E-state index in [1.807, 2.05) is 24.4 Å². The number of hydrogen-bond acceptors (Lipinski definition) is 3. The number of nitrogens with two attached hydrogens (primary N) is 1. The van der Waals surface area contributed by atoms with Gasteiger partial charge in [-0.3, -0.25) is 10.1 Å². The molecule has 5 nitrogen and oxygen atoms in total. The van der Waals surface area contributed by atoms with Gasteiger partial charge in [0.15, 0.2) is 0 Å². The maximum atomic E-state index is 7.42. The predicted octanol–water partition coefficient (Wildman–Crippen LogP) is 1.22. The van der Waals surface area contributed by atoms with Crippen LogP contribution in [0.1, 0.15) is 11.1 Å². The van der Waals surface area contributed by atoms with Crippen molar-refractivity contribution in [1.82, 2.24) is 9.78 Å². The van der Waals surface area contributed by atoms with Gasteiger partial charge in [-0.05, 0) is 24.3 Å². The van der Waals surface area contributed by atoms with E-state index < -0.39 is 0 Å². The maximum absolute atomic E-state index is 7.42. The summed E-state index contributed by atoms with van der Waals surface area (Å²) in [6.07, 6.45) is 3.60. The number of nitrogens with one attached hydrogen (secondary N) is 1. The molecule has 0 aliphatic carbocycles. The summed E-state index contributed by atoms with van der Waals surface area (Å²) >= 11 is 0. The van der Waals surface area contributed by atoms with Gasteiger partial charge in [-0.1, -0.05) is 0 Å². The third-order valence-corrected chi connectivity index (χ3v) is 2.48. The highest BCUT2D eigenvalue weighted by atomic mass is 16.5. The summed E-state index contributed by atoms with van der Waals surface area (Å²) in [5, 5.41) is 11.6. The van der Waals surface area contributed by atoms with E-state index in [0.29, 0.717) is 12.1 Å². The molecule has 1 aromatic carbocycles. The van der Waals surface area contributed by atoms with Crippen molar-refractivity contribution in [2.24, 2.45) is 5.73 Å². The minimum Gasteiger partial charge on any atom is -0.496 e. The Morgan fingerprint density at radius 1 is 1.53 bits per heavy atom. The van der Waals surface area contributed by atoms with Crippen molar-refractivity contribution in [3.05, 3.63) is 47.8 Å². The van der Waals surface area contributed by atoms with E-state index in [-0.39, 0.29) is 5.84 Å². The highest BCUT2D eigenvalue weighted by Gasteiger charge is 2.06. The molecule has 1 heterocycles. The van der Waals surface area contributed by atoms with Gasteiger partial charge in [-0.15, -0.1) is 0 Å². The second kappa shape index (κ2) is 4.69. The Morgan fingerprint density at radius 3 is 2.94 bits per heavy atom.